The summed E-state index contributed by atoms with van der Waals surface area (Å²) in [5, 5.41) is 3.55. The van der Waals surface area contributed by atoms with Gasteiger partial charge in [0.1, 0.15) is 5.70 Å². The summed E-state index contributed by atoms with van der Waals surface area (Å²) in [5.41, 5.74) is 5.94. The second kappa shape index (κ2) is 11.1. The van der Waals surface area contributed by atoms with Crippen molar-refractivity contribution in [2.24, 2.45) is 4.99 Å². The Morgan fingerprint density at radius 3 is 2.45 bits per heavy atom. The van der Waals surface area contributed by atoms with Crippen LogP contribution in [0.25, 0.3) is 6.08 Å². The second-order valence-corrected chi connectivity index (χ2v) is 9.95. The lowest BCUT2D eigenvalue weighted by Gasteiger charge is -2.18. The first kappa shape index (κ1) is 25.6. The third-order valence-electron chi connectivity index (χ3n) is 6.42. The van der Waals surface area contributed by atoms with Gasteiger partial charge < -0.3 is 14.8 Å². The summed E-state index contributed by atoms with van der Waals surface area (Å²) in [4.78, 5) is 32.8. The third kappa shape index (κ3) is 5.31. The number of anilines is 2. The Morgan fingerprint density at radius 2 is 1.74 bits per heavy atom. The minimum absolute atomic E-state index is 0.118. The maximum absolute atomic E-state index is 13.5. The van der Waals surface area contributed by atoms with Crippen LogP contribution in [0.15, 0.2) is 71.4 Å². The van der Waals surface area contributed by atoms with Crippen LogP contribution >= 0.6 is 11.8 Å². The number of hydrogen-bond acceptors (Lipinski definition) is 6. The molecule has 0 unspecified atom stereocenters. The molecule has 0 fully saturated rings. The van der Waals surface area contributed by atoms with E-state index < -0.39 is 0 Å². The molecule has 1 N–H and O–H groups in total. The lowest BCUT2D eigenvalue weighted by Crippen LogP contribution is -2.31. The number of nitrogens with zero attached hydrogens (tertiary/aromatic N) is 2. The Morgan fingerprint density at radius 1 is 1.03 bits per heavy atom. The van der Waals surface area contributed by atoms with Gasteiger partial charge in [-0.2, -0.15) is 0 Å². The normalized spacial score (nSPS) is 15.2. The zero-order chi connectivity index (χ0) is 26.6. The molecule has 2 amide bonds. The number of amides is 2. The van der Waals surface area contributed by atoms with Crippen molar-refractivity contribution < 1.29 is 19.1 Å². The van der Waals surface area contributed by atoms with E-state index in [9.17, 15) is 9.59 Å². The topological polar surface area (TPSA) is 80.2 Å². The Hall–Kier alpha value is -4.04. The predicted molar refractivity (Wildman–Crippen MR) is 153 cm³/mol. The molecule has 194 valence electrons. The predicted octanol–water partition coefficient (Wildman–Crippen LogP) is 5.96. The van der Waals surface area contributed by atoms with E-state index in [1.807, 2.05) is 67.6 Å². The van der Waals surface area contributed by atoms with Crippen molar-refractivity contribution in [1.82, 2.24) is 0 Å². The fourth-order valence-electron chi connectivity index (χ4n) is 4.38. The number of benzene rings is 3. The van der Waals surface area contributed by atoms with E-state index >= 15 is 0 Å². The summed E-state index contributed by atoms with van der Waals surface area (Å²) < 4.78 is 10.9. The lowest BCUT2D eigenvalue weighted by molar-refractivity contribution is -0.114. The van der Waals surface area contributed by atoms with E-state index in [0.29, 0.717) is 22.4 Å². The van der Waals surface area contributed by atoms with Crippen molar-refractivity contribution in [2.45, 2.75) is 33.6 Å². The number of ether oxygens (including phenoxy) is 2. The van der Waals surface area contributed by atoms with Crippen molar-refractivity contribution in [3.63, 3.8) is 0 Å². The first-order chi connectivity index (χ1) is 18.5. The summed E-state index contributed by atoms with van der Waals surface area (Å²) in [6.45, 7) is 6.32. The van der Waals surface area contributed by atoms with E-state index in [1.165, 1.54) is 11.8 Å². The monoisotopic (exact) mass is 527 g/mol. The van der Waals surface area contributed by atoms with Crippen molar-refractivity contribution in [2.75, 3.05) is 22.8 Å². The smallest absolute Gasteiger partial charge is 0.283 e. The van der Waals surface area contributed by atoms with Gasteiger partial charge in [0.2, 0.25) is 12.7 Å². The molecule has 3 aromatic carbocycles. The molecule has 2 aliphatic rings. The molecular formula is C30H29N3O4S. The van der Waals surface area contributed by atoms with Crippen LogP contribution in [-0.2, 0) is 22.4 Å². The molecule has 0 radical (unpaired) electrons. The van der Waals surface area contributed by atoms with Gasteiger partial charge in [-0.25, -0.2) is 4.99 Å². The first-order valence-corrected chi connectivity index (χ1v) is 13.6. The molecule has 2 heterocycles. The maximum Gasteiger partial charge on any atom is 0.283 e. The largest absolute Gasteiger partial charge is 0.454 e. The van der Waals surface area contributed by atoms with Crippen LogP contribution in [-0.4, -0.2) is 29.5 Å². The van der Waals surface area contributed by atoms with Gasteiger partial charge in [0.15, 0.2) is 16.7 Å². The molecule has 0 aliphatic carbocycles. The Kier molecular flexibility index (Phi) is 7.51. The second-order valence-electron chi connectivity index (χ2n) is 9.01. The molecule has 0 saturated heterocycles. The molecule has 5 rings (SSSR count). The molecule has 0 aromatic heterocycles. The minimum Gasteiger partial charge on any atom is -0.454 e. The van der Waals surface area contributed by atoms with Gasteiger partial charge >= 0.3 is 0 Å². The number of thioether (sulfide) groups is 1. The Bertz CT molecular complexity index is 1420. The summed E-state index contributed by atoms with van der Waals surface area (Å²) in [5.74, 6) is 1.03. The third-order valence-corrected chi connectivity index (χ3v) is 7.36. The van der Waals surface area contributed by atoms with Gasteiger partial charge in [0, 0.05) is 5.69 Å². The van der Waals surface area contributed by atoms with Crippen LogP contribution < -0.4 is 19.7 Å². The van der Waals surface area contributed by atoms with Gasteiger partial charge in [-0.3, -0.25) is 14.5 Å². The number of nitrogens with one attached hydrogen (secondary N) is 1. The number of para-hydroxylation sites is 1. The molecule has 0 spiro atoms. The molecule has 38 heavy (non-hydrogen) atoms. The highest BCUT2D eigenvalue weighted by Gasteiger charge is 2.32. The van der Waals surface area contributed by atoms with Crippen molar-refractivity contribution in [1.29, 1.82) is 0 Å². The fraction of sp³-hybridized carbons (Fsp3) is 0.233. The molecule has 0 atom stereocenters. The average molecular weight is 528 g/mol. The molecule has 8 heteroatoms. The Balaban J connectivity index is 1.39. The van der Waals surface area contributed by atoms with Crippen LogP contribution in [0.3, 0.4) is 0 Å². The number of hydrogen-bond donors (Lipinski definition) is 1. The summed E-state index contributed by atoms with van der Waals surface area (Å²) >= 11 is 1.24. The molecule has 0 saturated carbocycles. The fourth-order valence-corrected chi connectivity index (χ4v) is 5.20. The standard InChI is InChI=1S/C30H29N3O4S/c1-4-21-7-6-8-22(5-2)28(21)32-27(34)17-38-30-31-24(15-20-11-14-25-26(16-20)37-18-36-25)29(35)33(30)23-12-9-19(3)10-13-23/h6-16H,4-5,17-18H2,1-3H3,(H,32,34)/b24-15+. The molecule has 2 aliphatic heterocycles. The van der Waals surface area contributed by atoms with Crippen molar-refractivity contribution >= 4 is 46.2 Å². The Labute approximate surface area is 226 Å². The zero-order valence-electron chi connectivity index (χ0n) is 21.6. The van der Waals surface area contributed by atoms with Gasteiger partial charge in [0.05, 0.1) is 11.4 Å². The highest BCUT2D eigenvalue weighted by molar-refractivity contribution is 8.14. The van der Waals surface area contributed by atoms with Gasteiger partial charge in [-0.1, -0.05) is 67.6 Å². The number of fused-ring (bicyclic) bond motifs is 1. The summed E-state index contributed by atoms with van der Waals surface area (Å²) in [7, 11) is 0. The van der Waals surface area contributed by atoms with E-state index in [2.05, 4.69) is 24.2 Å². The quantitative estimate of drug-likeness (QED) is 0.383. The molecule has 0 bridgehead atoms. The van der Waals surface area contributed by atoms with Gasteiger partial charge in [-0.05, 0) is 66.8 Å². The van der Waals surface area contributed by atoms with E-state index in [0.717, 1.165) is 40.8 Å². The first-order valence-electron chi connectivity index (χ1n) is 12.6. The minimum atomic E-state index is -0.251. The van der Waals surface area contributed by atoms with E-state index in [4.69, 9.17) is 9.47 Å². The van der Waals surface area contributed by atoms with Gasteiger partial charge in [0.25, 0.3) is 5.91 Å². The summed E-state index contributed by atoms with van der Waals surface area (Å²) in [6, 6.07) is 19.3. The number of aryl methyl sites for hydroxylation is 3. The van der Waals surface area contributed by atoms with Crippen LogP contribution in [0.5, 0.6) is 11.5 Å². The molecule has 3 aromatic rings. The number of rotatable bonds is 7. The SMILES string of the molecule is CCc1cccc(CC)c1NC(=O)CSC1=N/C(=C/c2ccc3c(c2)OCO3)C(=O)N1c1ccc(C)cc1. The number of carbonyl (C=O) groups excluding carboxylic acids is 2. The maximum atomic E-state index is 13.5. The van der Waals surface area contributed by atoms with Crippen molar-refractivity contribution in [3.8, 4) is 11.5 Å². The van der Waals surface area contributed by atoms with Crippen LogP contribution in [0.2, 0.25) is 0 Å². The highest BCUT2D eigenvalue weighted by atomic mass is 32.2. The van der Waals surface area contributed by atoms with Crippen LogP contribution in [0.4, 0.5) is 11.4 Å². The molecule has 7 nitrogen and oxygen atoms in total. The van der Waals surface area contributed by atoms with Crippen molar-refractivity contribution in [3.05, 3.63) is 88.6 Å². The highest BCUT2D eigenvalue weighted by Crippen LogP contribution is 2.35. The van der Waals surface area contributed by atoms with Gasteiger partial charge in [-0.15, -0.1) is 0 Å². The average Bonchev–Trinajstić information content (AvgIpc) is 3.52. The lowest BCUT2D eigenvalue weighted by atomic mass is 10.0. The van der Waals surface area contributed by atoms with Crippen LogP contribution in [0, 0.1) is 6.92 Å². The number of carbonyl (C=O) groups is 2. The van der Waals surface area contributed by atoms with Crippen LogP contribution in [0.1, 0.15) is 36.1 Å². The van der Waals surface area contributed by atoms with E-state index in [1.54, 1.807) is 11.0 Å². The zero-order valence-corrected chi connectivity index (χ0v) is 22.4. The van der Waals surface area contributed by atoms with E-state index in [-0.39, 0.29) is 30.1 Å². The number of amidine groups is 1. The number of aliphatic imine (C=N–C) groups is 1. The summed E-state index contributed by atoms with van der Waals surface area (Å²) in [6.07, 6.45) is 3.38. The molecular weight excluding hydrogens is 498 g/mol.